The third-order valence-electron chi connectivity index (χ3n) is 2.74. The van der Waals surface area contributed by atoms with Crippen molar-refractivity contribution in [2.75, 3.05) is 20.1 Å². The molecule has 2 heteroatoms. The maximum absolute atomic E-state index is 3.44. The van der Waals surface area contributed by atoms with Gasteiger partial charge in [0, 0.05) is 25.2 Å². The van der Waals surface area contributed by atoms with Crippen LogP contribution in [0.1, 0.15) is 12.8 Å². The first kappa shape index (κ1) is 5.69. The number of rotatable bonds is 0. The Morgan fingerprint density at radius 2 is 1.78 bits per heavy atom. The van der Waals surface area contributed by atoms with Gasteiger partial charge in [0.15, 0.2) is 0 Å². The molecule has 2 bridgehead atoms. The van der Waals surface area contributed by atoms with Crippen LogP contribution in [0.5, 0.6) is 0 Å². The van der Waals surface area contributed by atoms with E-state index in [9.17, 15) is 0 Å². The van der Waals surface area contributed by atoms with Crippen molar-refractivity contribution in [3.8, 4) is 0 Å². The minimum Gasteiger partial charge on any atom is -0.314 e. The number of likely N-dealkylation sites (N-methyl/N-ethyl adjacent to an activating group) is 1. The summed E-state index contributed by atoms with van der Waals surface area (Å²) in [5.74, 6) is 0. The molecule has 0 aromatic carbocycles. The molecule has 0 unspecified atom stereocenters. The molecule has 2 fully saturated rings. The third-order valence-corrected chi connectivity index (χ3v) is 2.74. The van der Waals surface area contributed by atoms with E-state index in [4.69, 9.17) is 0 Å². The highest BCUT2D eigenvalue weighted by molar-refractivity contribution is 4.92. The van der Waals surface area contributed by atoms with Crippen LogP contribution in [-0.4, -0.2) is 37.1 Å². The van der Waals surface area contributed by atoms with E-state index in [1.165, 1.54) is 25.9 Å². The highest BCUT2D eigenvalue weighted by Crippen LogP contribution is 2.23. The van der Waals surface area contributed by atoms with Crippen LogP contribution in [-0.2, 0) is 0 Å². The fourth-order valence-corrected chi connectivity index (χ4v) is 2.00. The lowest BCUT2D eigenvalue weighted by Crippen LogP contribution is -2.49. The molecule has 2 saturated heterocycles. The van der Waals surface area contributed by atoms with E-state index in [1.54, 1.807) is 0 Å². The molecule has 2 rings (SSSR count). The predicted molar refractivity (Wildman–Crippen MR) is 37.4 cm³/mol. The van der Waals surface area contributed by atoms with Crippen LogP contribution < -0.4 is 5.32 Å². The van der Waals surface area contributed by atoms with Gasteiger partial charge in [-0.05, 0) is 19.9 Å². The van der Waals surface area contributed by atoms with E-state index in [0.29, 0.717) is 0 Å². The van der Waals surface area contributed by atoms with Gasteiger partial charge in [0.25, 0.3) is 0 Å². The number of hydrogen-bond donors (Lipinski definition) is 1. The molecule has 2 aliphatic heterocycles. The van der Waals surface area contributed by atoms with Crippen molar-refractivity contribution < 1.29 is 0 Å². The molecule has 0 aromatic heterocycles. The van der Waals surface area contributed by atoms with Gasteiger partial charge in [0.2, 0.25) is 0 Å². The molecule has 2 nitrogen and oxygen atoms in total. The molecule has 0 spiro atoms. The Hall–Kier alpha value is -0.0800. The van der Waals surface area contributed by atoms with Crippen LogP contribution in [0.3, 0.4) is 0 Å². The summed E-state index contributed by atoms with van der Waals surface area (Å²) in [5, 5.41) is 3.44. The minimum atomic E-state index is 0.851. The zero-order valence-corrected chi connectivity index (χ0v) is 5.93. The molecule has 52 valence electrons. The fourth-order valence-electron chi connectivity index (χ4n) is 2.00. The van der Waals surface area contributed by atoms with Gasteiger partial charge in [0.1, 0.15) is 0 Å². The average Bonchev–Trinajstić information content (AvgIpc) is 2.19. The van der Waals surface area contributed by atoms with E-state index < -0.39 is 0 Å². The summed E-state index contributed by atoms with van der Waals surface area (Å²) in [6.07, 6.45) is 2.82. The molecule has 2 heterocycles. The van der Waals surface area contributed by atoms with E-state index in [0.717, 1.165) is 12.1 Å². The Morgan fingerprint density at radius 1 is 1.22 bits per heavy atom. The summed E-state index contributed by atoms with van der Waals surface area (Å²) in [7, 11) is 2.25. The molecule has 1 N–H and O–H groups in total. The van der Waals surface area contributed by atoms with Gasteiger partial charge in [-0.2, -0.15) is 0 Å². The molecule has 0 aromatic rings. The maximum atomic E-state index is 3.44. The molecule has 0 saturated carbocycles. The van der Waals surface area contributed by atoms with Crippen LogP contribution in [0.2, 0.25) is 0 Å². The highest BCUT2D eigenvalue weighted by atomic mass is 15.2. The number of nitrogens with zero attached hydrogens (tertiary/aromatic N) is 1. The Balaban J connectivity index is 2.10. The summed E-state index contributed by atoms with van der Waals surface area (Å²) in [6, 6.07) is 1.70. The van der Waals surface area contributed by atoms with Crippen LogP contribution in [0.4, 0.5) is 0 Å². The summed E-state index contributed by atoms with van der Waals surface area (Å²) in [6.45, 7) is 2.43. The lowest BCUT2D eigenvalue weighted by molar-refractivity contribution is 0.193. The fraction of sp³-hybridized carbons (Fsp3) is 1.00. The SMILES string of the molecule is CN1[C@@H]2CC[C@H]1CNC2. The Bertz CT molecular complexity index is 97.5. The predicted octanol–water partition coefficient (Wildman–Crippen LogP) is 0.0524. The standard InChI is InChI=1S/C7H14N2/c1-9-6-2-3-7(9)5-8-4-6/h6-8H,2-5H2,1H3/t6-,7+. The molecule has 2 aliphatic rings. The van der Waals surface area contributed by atoms with Crippen LogP contribution >= 0.6 is 0 Å². The summed E-state index contributed by atoms with van der Waals surface area (Å²) < 4.78 is 0. The number of piperazine rings is 1. The van der Waals surface area contributed by atoms with Gasteiger partial charge < -0.3 is 5.32 Å². The lowest BCUT2D eigenvalue weighted by Gasteiger charge is -2.31. The normalized spacial score (nSPS) is 43.7. The van der Waals surface area contributed by atoms with Crippen molar-refractivity contribution >= 4 is 0 Å². The van der Waals surface area contributed by atoms with Crippen molar-refractivity contribution in [1.29, 1.82) is 0 Å². The van der Waals surface area contributed by atoms with Gasteiger partial charge in [0.05, 0.1) is 0 Å². The van der Waals surface area contributed by atoms with Crippen molar-refractivity contribution in [1.82, 2.24) is 10.2 Å². The van der Waals surface area contributed by atoms with Gasteiger partial charge in [-0.25, -0.2) is 0 Å². The van der Waals surface area contributed by atoms with E-state index >= 15 is 0 Å². The first-order valence-electron chi connectivity index (χ1n) is 3.80. The summed E-state index contributed by atoms with van der Waals surface area (Å²) in [4.78, 5) is 2.52. The van der Waals surface area contributed by atoms with Gasteiger partial charge in [-0.15, -0.1) is 0 Å². The minimum absolute atomic E-state index is 0.851. The molecular weight excluding hydrogens is 112 g/mol. The number of fused-ring (bicyclic) bond motifs is 2. The molecule has 0 amide bonds. The zero-order chi connectivity index (χ0) is 6.27. The monoisotopic (exact) mass is 126 g/mol. The van der Waals surface area contributed by atoms with E-state index in [2.05, 4.69) is 17.3 Å². The third kappa shape index (κ3) is 0.775. The first-order valence-corrected chi connectivity index (χ1v) is 3.80. The number of hydrogen-bond acceptors (Lipinski definition) is 2. The van der Waals surface area contributed by atoms with Crippen LogP contribution in [0.25, 0.3) is 0 Å². The maximum Gasteiger partial charge on any atom is 0.0221 e. The van der Waals surface area contributed by atoms with Crippen LogP contribution in [0.15, 0.2) is 0 Å². The van der Waals surface area contributed by atoms with E-state index in [1.807, 2.05) is 0 Å². The molecule has 0 radical (unpaired) electrons. The number of nitrogens with one attached hydrogen (secondary N) is 1. The topological polar surface area (TPSA) is 15.3 Å². The quantitative estimate of drug-likeness (QED) is 0.493. The van der Waals surface area contributed by atoms with Crippen molar-refractivity contribution in [3.05, 3.63) is 0 Å². The smallest absolute Gasteiger partial charge is 0.0221 e. The van der Waals surface area contributed by atoms with Crippen molar-refractivity contribution in [2.45, 2.75) is 24.9 Å². The van der Waals surface area contributed by atoms with Crippen molar-refractivity contribution in [2.24, 2.45) is 0 Å². The van der Waals surface area contributed by atoms with Gasteiger partial charge >= 0.3 is 0 Å². The zero-order valence-electron chi connectivity index (χ0n) is 5.93. The second-order valence-corrected chi connectivity index (χ2v) is 3.21. The van der Waals surface area contributed by atoms with E-state index in [-0.39, 0.29) is 0 Å². The highest BCUT2D eigenvalue weighted by Gasteiger charge is 2.32. The summed E-state index contributed by atoms with van der Waals surface area (Å²) >= 11 is 0. The lowest BCUT2D eigenvalue weighted by atomic mass is 10.2. The molecule has 9 heavy (non-hydrogen) atoms. The first-order chi connectivity index (χ1) is 4.38. The van der Waals surface area contributed by atoms with Gasteiger partial charge in [-0.3, -0.25) is 4.90 Å². The van der Waals surface area contributed by atoms with Crippen LogP contribution in [0, 0.1) is 0 Å². The Kier molecular flexibility index (Phi) is 1.24. The molecular formula is C7H14N2. The second kappa shape index (κ2) is 1.96. The Labute approximate surface area is 56.2 Å². The Morgan fingerprint density at radius 3 is 2.22 bits per heavy atom. The average molecular weight is 126 g/mol. The largest absolute Gasteiger partial charge is 0.314 e. The molecule has 2 atom stereocenters. The van der Waals surface area contributed by atoms with Crippen molar-refractivity contribution in [3.63, 3.8) is 0 Å². The molecule has 0 aliphatic carbocycles. The van der Waals surface area contributed by atoms with Gasteiger partial charge in [-0.1, -0.05) is 0 Å². The second-order valence-electron chi connectivity index (χ2n) is 3.21. The summed E-state index contributed by atoms with van der Waals surface area (Å²) in [5.41, 5.74) is 0.